The molecule has 1 heterocycles. The van der Waals surface area contributed by atoms with Gasteiger partial charge in [-0.3, -0.25) is 19.7 Å². The van der Waals surface area contributed by atoms with E-state index in [1.54, 1.807) is 25.1 Å². The minimum Gasteiger partial charge on any atom is -0.324 e. The molecule has 0 bridgehead atoms. The Morgan fingerprint density at radius 3 is 2.81 bits per heavy atom. The monoisotopic (exact) mass is 287 g/mol. The fourth-order valence-corrected chi connectivity index (χ4v) is 1.83. The van der Waals surface area contributed by atoms with Gasteiger partial charge in [0.1, 0.15) is 6.54 Å². The number of benzene rings is 1. The number of carbonyl (C=O) groups excluding carboxylic acids is 1. The Bertz CT molecular complexity index is 752. The molecule has 2 rings (SSSR count). The molecule has 2 aromatic rings. The van der Waals surface area contributed by atoms with Crippen LogP contribution in [-0.2, 0) is 11.3 Å². The molecule has 1 amide bonds. The predicted molar refractivity (Wildman–Crippen MR) is 77.2 cm³/mol. The molecule has 0 aliphatic rings. The summed E-state index contributed by atoms with van der Waals surface area (Å²) in [7, 11) is 0. The van der Waals surface area contributed by atoms with E-state index >= 15 is 0 Å². The highest BCUT2D eigenvalue weighted by molar-refractivity contribution is 5.90. The van der Waals surface area contributed by atoms with Gasteiger partial charge in [0.15, 0.2) is 0 Å². The highest BCUT2D eigenvalue weighted by atomic mass is 16.6. The lowest BCUT2D eigenvalue weighted by atomic mass is 10.3. The Balaban J connectivity index is 2.12. The van der Waals surface area contributed by atoms with Gasteiger partial charge < -0.3 is 9.88 Å². The fourth-order valence-electron chi connectivity index (χ4n) is 1.83. The molecule has 0 saturated carbocycles. The van der Waals surface area contributed by atoms with Gasteiger partial charge in [-0.15, -0.1) is 0 Å². The van der Waals surface area contributed by atoms with Crippen LogP contribution in [0.3, 0.4) is 0 Å². The zero-order valence-electron chi connectivity index (χ0n) is 11.3. The summed E-state index contributed by atoms with van der Waals surface area (Å²) < 4.78 is 1.28. The maximum absolute atomic E-state index is 11.9. The Kier molecular flexibility index (Phi) is 4.13. The maximum Gasteiger partial charge on any atom is 0.271 e. The zero-order chi connectivity index (χ0) is 15.4. The lowest BCUT2D eigenvalue weighted by Gasteiger charge is -2.07. The summed E-state index contributed by atoms with van der Waals surface area (Å²) in [4.78, 5) is 33.8. The topological polar surface area (TPSA) is 94.2 Å². The van der Waals surface area contributed by atoms with Crippen molar-refractivity contribution in [3.63, 3.8) is 0 Å². The van der Waals surface area contributed by atoms with Crippen LogP contribution in [0.2, 0.25) is 0 Å². The molecule has 1 aromatic heterocycles. The zero-order valence-corrected chi connectivity index (χ0v) is 11.3. The summed E-state index contributed by atoms with van der Waals surface area (Å²) in [6, 6.07) is 8.96. The summed E-state index contributed by atoms with van der Waals surface area (Å²) in [5, 5.41) is 13.2. The van der Waals surface area contributed by atoms with Crippen molar-refractivity contribution in [2.24, 2.45) is 0 Å². The Labute approximate surface area is 120 Å². The number of non-ortho nitro benzene ring substituents is 1. The average Bonchev–Trinajstić information content (AvgIpc) is 2.44. The number of anilines is 1. The molecule has 0 radical (unpaired) electrons. The van der Waals surface area contributed by atoms with Crippen LogP contribution >= 0.6 is 0 Å². The second-order valence-electron chi connectivity index (χ2n) is 4.48. The van der Waals surface area contributed by atoms with E-state index in [1.807, 2.05) is 0 Å². The van der Waals surface area contributed by atoms with Gasteiger partial charge in [-0.05, 0) is 19.1 Å². The predicted octanol–water partition coefficient (Wildman–Crippen LogP) is 1.70. The van der Waals surface area contributed by atoms with E-state index < -0.39 is 10.8 Å². The first-order valence-corrected chi connectivity index (χ1v) is 6.18. The summed E-state index contributed by atoms with van der Waals surface area (Å²) in [5.41, 5.74) is 0.503. The second-order valence-corrected chi connectivity index (χ2v) is 4.48. The second kappa shape index (κ2) is 6.00. The molecule has 0 aliphatic heterocycles. The molecule has 7 nitrogen and oxygen atoms in total. The van der Waals surface area contributed by atoms with Gasteiger partial charge in [-0.2, -0.15) is 0 Å². The van der Waals surface area contributed by atoms with Crippen LogP contribution in [0.1, 0.15) is 5.56 Å². The van der Waals surface area contributed by atoms with Gasteiger partial charge in [0.25, 0.3) is 11.2 Å². The van der Waals surface area contributed by atoms with Crippen molar-refractivity contribution in [1.82, 2.24) is 4.57 Å². The third-order valence-electron chi connectivity index (χ3n) is 2.87. The quantitative estimate of drug-likeness (QED) is 0.684. The molecule has 0 saturated heterocycles. The van der Waals surface area contributed by atoms with Crippen LogP contribution in [-0.4, -0.2) is 15.4 Å². The molecular weight excluding hydrogens is 274 g/mol. The number of nitro benzene ring substituents is 1. The Morgan fingerprint density at radius 1 is 1.33 bits per heavy atom. The van der Waals surface area contributed by atoms with Gasteiger partial charge in [0.05, 0.1) is 4.92 Å². The number of pyridine rings is 1. The summed E-state index contributed by atoms with van der Waals surface area (Å²) in [5.74, 6) is -0.428. The molecule has 0 spiro atoms. The van der Waals surface area contributed by atoms with Crippen molar-refractivity contribution < 1.29 is 9.72 Å². The van der Waals surface area contributed by atoms with E-state index in [1.165, 1.54) is 29.0 Å². The molecule has 108 valence electrons. The number of nitro groups is 1. The van der Waals surface area contributed by atoms with Gasteiger partial charge in [-0.1, -0.05) is 12.1 Å². The van der Waals surface area contributed by atoms with Crippen molar-refractivity contribution in [2.45, 2.75) is 13.5 Å². The van der Waals surface area contributed by atoms with E-state index in [2.05, 4.69) is 5.32 Å². The number of aromatic nitrogens is 1. The molecular formula is C14H13N3O4. The van der Waals surface area contributed by atoms with Gasteiger partial charge in [0, 0.05) is 29.6 Å². The molecule has 1 aromatic carbocycles. The number of hydrogen-bond donors (Lipinski definition) is 1. The fraction of sp³-hybridized carbons (Fsp3) is 0.143. The van der Waals surface area contributed by atoms with Crippen LogP contribution in [0.4, 0.5) is 11.4 Å². The number of nitrogens with zero attached hydrogens (tertiary/aromatic N) is 2. The smallest absolute Gasteiger partial charge is 0.271 e. The van der Waals surface area contributed by atoms with E-state index in [0.29, 0.717) is 11.3 Å². The molecule has 7 heteroatoms. The number of carbonyl (C=O) groups is 1. The van der Waals surface area contributed by atoms with Crippen LogP contribution in [0.25, 0.3) is 0 Å². The van der Waals surface area contributed by atoms with Crippen molar-refractivity contribution in [2.75, 3.05) is 5.32 Å². The molecule has 1 N–H and O–H groups in total. The van der Waals surface area contributed by atoms with Gasteiger partial charge in [-0.25, -0.2) is 0 Å². The minimum atomic E-state index is -0.541. The molecule has 0 atom stereocenters. The summed E-state index contributed by atoms with van der Waals surface area (Å²) >= 11 is 0. The van der Waals surface area contributed by atoms with Gasteiger partial charge in [0.2, 0.25) is 5.91 Å². The number of aryl methyl sites for hydroxylation is 1. The van der Waals surface area contributed by atoms with Crippen LogP contribution in [0, 0.1) is 17.0 Å². The lowest BCUT2D eigenvalue weighted by Crippen LogP contribution is -2.28. The van der Waals surface area contributed by atoms with Crippen molar-refractivity contribution in [3.8, 4) is 0 Å². The summed E-state index contributed by atoms with van der Waals surface area (Å²) in [6.07, 6.45) is 1.52. The van der Waals surface area contributed by atoms with E-state index in [9.17, 15) is 19.7 Å². The Morgan fingerprint density at radius 2 is 2.10 bits per heavy atom. The third kappa shape index (κ3) is 3.53. The van der Waals surface area contributed by atoms with Gasteiger partial charge >= 0.3 is 0 Å². The van der Waals surface area contributed by atoms with E-state index in [-0.39, 0.29) is 17.8 Å². The van der Waals surface area contributed by atoms with Crippen molar-refractivity contribution >= 4 is 17.3 Å². The standard InChI is InChI=1S/C14H13N3O4/c1-10-4-3-7-16(14(10)19)9-13(18)15-11-5-2-6-12(8-11)17(20)21/h2-8H,9H2,1H3,(H,15,18). The first-order chi connectivity index (χ1) is 9.97. The summed E-state index contributed by atoms with van der Waals surface area (Å²) in [6.45, 7) is 1.51. The van der Waals surface area contributed by atoms with Crippen LogP contribution in [0.15, 0.2) is 47.4 Å². The normalized spacial score (nSPS) is 10.1. The molecule has 0 aliphatic carbocycles. The number of nitrogens with one attached hydrogen (secondary N) is 1. The number of amides is 1. The van der Waals surface area contributed by atoms with Crippen molar-refractivity contribution in [1.29, 1.82) is 0 Å². The highest BCUT2D eigenvalue weighted by Crippen LogP contribution is 2.16. The van der Waals surface area contributed by atoms with Crippen LogP contribution in [0.5, 0.6) is 0 Å². The molecule has 21 heavy (non-hydrogen) atoms. The minimum absolute atomic E-state index is 0.111. The average molecular weight is 287 g/mol. The SMILES string of the molecule is Cc1cccn(CC(=O)Nc2cccc([N+](=O)[O-])c2)c1=O. The largest absolute Gasteiger partial charge is 0.324 e. The van der Waals surface area contributed by atoms with Crippen molar-refractivity contribution in [3.05, 3.63) is 68.6 Å². The Hall–Kier alpha value is -2.96. The van der Waals surface area contributed by atoms with E-state index in [4.69, 9.17) is 0 Å². The number of rotatable bonds is 4. The lowest BCUT2D eigenvalue weighted by molar-refractivity contribution is -0.384. The maximum atomic E-state index is 11.9. The van der Waals surface area contributed by atoms with Crippen LogP contribution < -0.4 is 10.9 Å². The molecule has 0 fully saturated rings. The highest BCUT2D eigenvalue weighted by Gasteiger charge is 2.09. The third-order valence-corrected chi connectivity index (χ3v) is 2.87. The first-order valence-electron chi connectivity index (χ1n) is 6.18. The first kappa shape index (κ1) is 14.4. The molecule has 0 unspecified atom stereocenters. The number of hydrogen-bond acceptors (Lipinski definition) is 4. The van der Waals surface area contributed by atoms with E-state index in [0.717, 1.165) is 0 Å².